The predicted molar refractivity (Wildman–Crippen MR) is 114 cm³/mol. The zero-order chi connectivity index (χ0) is 21.0. The molecular weight excluding hydrogens is 390 g/mol. The van der Waals surface area contributed by atoms with Crippen LogP contribution in [0.5, 0.6) is 0 Å². The Bertz CT molecular complexity index is 944. The average molecular weight is 411 g/mol. The first-order chi connectivity index (χ1) is 13.8. The molecule has 0 aromatic heterocycles. The molecule has 9 heteroatoms. The van der Waals surface area contributed by atoms with E-state index in [-0.39, 0.29) is 17.4 Å². The van der Waals surface area contributed by atoms with Crippen LogP contribution in [-0.4, -0.2) is 47.8 Å². The van der Waals surface area contributed by atoms with Gasteiger partial charge in [-0.25, -0.2) is 0 Å². The summed E-state index contributed by atoms with van der Waals surface area (Å²) in [6, 6.07) is 15.3. The summed E-state index contributed by atoms with van der Waals surface area (Å²) < 4.78 is 0. The molecule has 3 N–H and O–H groups in total. The van der Waals surface area contributed by atoms with Gasteiger partial charge in [0.05, 0.1) is 5.69 Å². The molecule has 0 fully saturated rings. The molecule has 3 amide bonds. The first-order valence-corrected chi connectivity index (χ1v) is 9.68. The highest BCUT2D eigenvalue weighted by molar-refractivity contribution is 8.13. The summed E-state index contributed by atoms with van der Waals surface area (Å²) in [4.78, 5) is 38.5. The third kappa shape index (κ3) is 4.94. The molecule has 2 aromatic rings. The third-order valence-corrected chi connectivity index (χ3v) is 5.25. The van der Waals surface area contributed by atoms with Gasteiger partial charge in [0, 0.05) is 31.1 Å². The van der Waals surface area contributed by atoms with Gasteiger partial charge in [-0.1, -0.05) is 18.2 Å². The van der Waals surface area contributed by atoms with Gasteiger partial charge in [-0.2, -0.15) is 5.10 Å². The molecule has 0 bridgehead atoms. The number of rotatable bonds is 5. The summed E-state index contributed by atoms with van der Waals surface area (Å²) in [7, 11) is 3.37. The third-order valence-electron chi connectivity index (χ3n) is 4.20. The minimum Gasteiger partial charge on any atom is -0.368 e. The smallest absolute Gasteiger partial charge is 0.285 e. The monoisotopic (exact) mass is 411 g/mol. The molecule has 0 radical (unpaired) electrons. The van der Waals surface area contributed by atoms with Crippen LogP contribution in [0.15, 0.2) is 64.6 Å². The average Bonchev–Trinajstić information content (AvgIpc) is 3.16. The number of nitrogens with zero attached hydrogens (tertiary/aromatic N) is 3. The van der Waals surface area contributed by atoms with E-state index in [1.165, 1.54) is 9.91 Å². The Hall–Kier alpha value is -3.33. The van der Waals surface area contributed by atoms with Gasteiger partial charge in [0.15, 0.2) is 0 Å². The van der Waals surface area contributed by atoms with Crippen LogP contribution in [0.1, 0.15) is 6.42 Å². The van der Waals surface area contributed by atoms with Gasteiger partial charge in [0.1, 0.15) is 11.8 Å². The van der Waals surface area contributed by atoms with Crippen molar-refractivity contribution in [3.63, 3.8) is 0 Å². The van der Waals surface area contributed by atoms with Gasteiger partial charge < -0.3 is 16.0 Å². The number of hydrazone groups is 1. The number of primary amides is 1. The van der Waals surface area contributed by atoms with Crippen molar-refractivity contribution in [1.82, 2.24) is 4.90 Å². The maximum absolute atomic E-state index is 12.6. The molecule has 1 heterocycles. The van der Waals surface area contributed by atoms with E-state index in [9.17, 15) is 14.4 Å². The Morgan fingerprint density at radius 1 is 1.10 bits per heavy atom. The maximum atomic E-state index is 12.6. The first-order valence-electron chi connectivity index (χ1n) is 8.87. The van der Waals surface area contributed by atoms with Gasteiger partial charge in [0.2, 0.25) is 5.91 Å². The molecule has 0 spiro atoms. The van der Waals surface area contributed by atoms with Crippen molar-refractivity contribution < 1.29 is 14.4 Å². The van der Waals surface area contributed by atoms with Crippen LogP contribution in [0, 0.1) is 0 Å². The van der Waals surface area contributed by atoms with Crippen LogP contribution in [0.4, 0.5) is 16.2 Å². The molecule has 0 saturated heterocycles. The Balaban J connectivity index is 1.70. The highest BCUT2D eigenvalue weighted by atomic mass is 32.2. The van der Waals surface area contributed by atoms with E-state index in [0.717, 1.165) is 16.7 Å². The van der Waals surface area contributed by atoms with Crippen molar-refractivity contribution in [2.24, 2.45) is 10.8 Å². The van der Waals surface area contributed by atoms with Crippen LogP contribution < -0.4 is 16.1 Å². The summed E-state index contributed by atoms with van der Waals surface area (Å²) in [5.41, 5.74) is 6.97. The predicted octanol–water partition coefficient (Wildman–Crippen LogP) is 2.52. The summed E-state index contributed by atoms with van der Waals surface area (Å²) in [5, 5.41) is 8.48. The number of amides is 3. The Morgan fingerprint density at radius 3 is 2.34 bits per heavy atom. The number of thioether (sulfide) groups is 1. The number of hydrogen-bond donors (Lipinski definition) is 2. The summed E-state index contributed by atoms with van der Waals surface area (Å²) >= 11 is 1.10. The van der Waals surface area contributed by atoms with E-state index in [2.05, 4.69) is 10.4 Å². The van der Waals surface area contributed by atoms with E-state index in [1.807, 2.05) is 18.2 Å². The lowest BCUT2D eigenvalue weighted by molar-refractivity contribution is -0.119. The van der Waals surface area contributed by atoms with E-state index >= 15 is 0 Å². The Labute approximate surface area is 172 Å². The number of carbonyl (C=O) groups is 3. The number of nitrogens with two attached hydrogens (primary N) is 1. The van der Waals surface area contributed by atoms with E-state index in [1.54, 1.807) is 50.5 Å². The zero-order valence-electron chi connectivity index (χ0n) is 16.0. The lowest BCUT2D eigenvalue weighted by atomic mass is 10.1. The second-order valence-corrected chi connectivity index (χ2v) is 7.61. The summed E-state index contributed by atoms with van der Waals surface area (Å²) in [6.45, 7) is 0. The molecule has 0 aliphatic carbocycles. The number of anilines is 2. The quantitative estimate of drug-likeness (QED) is 0.735. The molecule has 1 atom stereocenters. The molecule has 150 valence electrons. The van der Waals surface area contributed by atoms with Gasteiger partial charge >= 0.3 is 0 Å². The number of hydrogen-bond acceptors (Lipinski definition) is 6. The van der Waals surface area contributed by atoms with Crippen LogP contribution in [0.3, 0.4) is 0 Å². The molecule has 29 heavy (non-hydrogen) atoms. The summed E-state index contributed by atoms with van der Waals surface area (Å²) in [6.07, 6.45) is 0.126. The fraction of sp³-hybridized carbons (Fsp3) is 0.200. The van der Waals surface area contributed by atoms with Crippen molar-refractivity contribution in [2.75, 3.05) is 24.4 Å². The van der Waals surface area contributed by atoms with Crippen LogP contribution in [0.2, 0.25) is 0 Å². The maximum Gasteiger partial charge on any atom is 0.285 e. The zero-order valence-corrected chi connectivity index (χ0v) is 16.8. The number of carbonyl (C=O) groups excluding carboxylic acids is 3. The van der Waals surface area contributed by atoms with Crippen LogP contribution in [0.25, 0.3) is 0 Å². The van der Waals surface area contributed by atoms with Crippen molar-refractivity contribution in [3.05, 3.63) is 54.6 Å². The van der Waals surface area contributed by atoms with Gasteiger partial charge in [-0.05, 0) is 48.2 Å². The SMILES string of the molecule is CN(C)C(=O)Sc1ccc(NC(=O)C2=NN(c3ccccc3)C(C(N)=O)C2)cc1. The second kappa shape index (κ2) is 8.78. The van der Waals surface area contributed by atoms with E-state index < -0.39 is 17.9 Å². The lowest BCUT2D eigenvalue weighted by Crippen LogP contribution is -2.39. The number of para-hydroxylation sites is 1. The van der Waals surface area contributed by atoms with Gasteiger partial charge in [-0.15, -0.1) is 0 Å². The molecule has 1 unspecified atom stereocenters. The molecule has 3 rings (SSSR count). The fourth-order valence-corrected chi connectivity index (χ4v) is 3.35. The molecule has 8 nitrogen and oxygen atoms in total. The largest absolute Gasteiger partial charge is 0.368 e. The second-order valence-electron chi connectivity index (χ2n) is 6.59. The topological polar surface area (TPSA) is 108 Å². The van der Waals surface area contributed by atoms with Gasteiger partial charge in [0.25, 0.3) is 11.1 Å². The van der Waals surface area contributed by atoms with Crippen molar-refractivity contribution in [3.8, 4) is 0 Å². The molecule has 0 saturated carbocycles. The van der Waals surface area contributed by atoms with E-state index in [4.69, 9.17) is 5.73 Å². The van der Waals surface area contributed by atoms with Crippen LogP contribution >= 0.6 is 11.8 Å². The van der Waals surface area contributed by atoms with Crippen LogP contribution in [-0.2, 0) is 9.59 Å². The van der Waals surface area contributed by atoms with Crippen molar-refractivity contribution in [2.45, 2.75) is 17.4 Å². The molecule has 1 aliphatic heterocycles. The first kappa shape index (κ1) is 20.4. The number of nitrogens with one attached hydrogen (secondary N) is 1. The highest BCUT2D eigenvalue weighted by Gasteiger charge is 2.34. The Kier molecular flexibility index (Phi) is 6.18. The molecule has 2 aromatic carbocycles. The number of benzene rings is 2. The van der Waals surface area contributed by atoms with E-state index in [0.29, 0.717) is 11.4 Å². The fourth-order valence-electron chi connectivity index (χ4n) is 2.69. The van der Waals surface area contributed by atoms with Gasteiger partial charge in [-0.3, -0.25) is 19.4 Å². The highest BCUT2D eigenvalue weighted by Crippen LogP contribution is 2.25. The van der Waals surface area contributed by atoms with Crippen molar-refractivity contribution in [1.29, 1.82) is 0 Å². The van der Waals surface area contributed by atoms with Crippen molar-refractivity contribution >= 4 is 45.9 Å². The minimum atomic E-state index is -0.714. The molecular formula is C20H21N5O3S. The molecule has 1 aliphatic rings. The lowest BCUT2D eigenvalue weighted by Gasteiger charge is -2.20. The Morgan fingerprint density at radius 2 is 1.76 bits per heavy atom. The minimum absolute atomic E-state index is 0.0828. The standard InChI is InChI=1S/C20H21N5O3S/c1-24(2)20(28)29-15-10-8-13(9-11-15)22-19(27)16-12-17(18(21)26)25(23-16)14-6-4-3-5-7-14/h3-11,17H,12H2,1-2H3,(H2,21,26)(H,22,27). The summed E-state index contributed by atoms with van der Waals surface area (Å²) in [5.74, 6) is -0.952. The normalized spacial score (nSPS) is 15.6.